The summed E-state index contributed by atoms with van der Waals surface area (Å²) in [6.07, 6.45) is 7.19. The third-order valence-electron chi connectivity index (χ3n) is 7.52. The highest BCUT2D eigenvalue weighted by Crippen LogP contribution is 2.59. The number of carbonyl (C=O) groups excluding carboxylic acids is 2. The minimum absolute atomic E-state index is 0.0397. The van der Waals surface area contributed by atoms with E-state index >= 15 is 0 Å². The third-order valence-corrected chi connectivity index (χ3v) is 7.52. The molecule has 1 saturated carbocycles. The molecule has 2 saturated heterocycles. The van der Waals surface area contributed by atoms with Gasteiger partial charge in [0.1, 0.15) is 6.10 Å². The van der Waals surface area contributed by atoms with Crippen LogP contribution in [0.4, 0.5) is 0 Å². The molecule has 1 aliphatic carbocycles. The average molecular weight is 390 g/mol. The highest BCUT2D eigenvalue weighted by Gasteiger charge is 2.64. The summed E-state index contributed by atoms with van der Waals surface area (Å²) in [6.45, 7) is 6.88. The Labute approximate surface area is 165 Å². The predicted octanol–water partition coefficient (Wildman–Crippen LogP) is 3.53. The number of hydrogen-bond acceptors (Lipinski definition) is 6. The molecule has 6 nitrogen and oxygen atoms in total. The van der Waals surface area contributed by atoms with Crippen LogP contribution in [0.1, 0.15) is 52.0 Å². The molecule has 2 aliphatic heterocycles. The maximum Gasteiger partial charge on any atom is 0.306 e. The van der Waals surface area contributed by atoms with E-state index in [0.717, 1.165) is 31.2 Å². The molecule has 0 aromatic carbocycles. The van der Waals surface area contributed by atoms with Crippen molar-refractivity contribution in [3.63, 3.8) is 0 Å². The van der Waals surface area contributed by atoms with Crippen molar-refractivity contribution in [1.29, 1.82) is 0 Å². The number of epoxide rings is 1. The first-order valence-corrected chi connectivity index (χ1v) is 10.3. The molecule has 0 bridgehead atoms. The maximum atomic E-state index is 12.5. The van der Waals surface area contributed by atoms with E-state index in [2.05, 4.69) is 13.8 Å². The quantitative estimate of drug-likeness (QED) is 0.565. The number of rotatable bonds is 5. The number of aryl methyl sites for hydroxylation is 1. The molecule has 3 heterocycles. The first-order chi connectivity index (χ1) is 13.3. The highest BCUT2D eigenvalue weighted by atomic mass is 16.6. The van der Waals surface area contributed by atoms with Crippen molar-refractivity contribution in [3.8, 4) is 0 Å². The van der Waals surface area contributed by atoms with Crippen LogP contribution in [0.15, 0.2) is 23.0 Å². The van der Waals surface area contributed by atoms with Crippen molar-refractivity contribution in [2.45, 2.75) is 64.6 Å². The van der Waals surface area contributed by atoms with E-state index in [1.54, 1.807) is 12.5 Å². The molecule has 154 valence electrons. The van der Waals surface area contributed by atoms with Gasteiger partial charge in [0.05, 0.1) is 31.3 Å². The Morgan fingerprint density at radius 3 is 2.82 bits per heavy atom. The van der Waals surface area contributed by atoms with Crippen molar-refractivity contribution < 1.29 is 28.2 Å². The van der Waals surface area contributed by atoms with Crippen molar-refractivity contribution in [2.24, 2.45) is 23.2 Å². The van der Waals surface area contributed by atoms with Crippen LogP contribution in [0.25, 0.3) is 0 Å². The first kappa shape index (κ1) is 19.5. The molecule has 6 atom stereocenters. The van der Waals surface area contributed by atoms with Crippen molar-refractivity contribution in [3.05, 3.63) is 24.2 Å². The molecule has 4 rings (SSSR count). The minimum Gasteiger partial charge on any atom is -0.472 e. The van der Waals surface area contributed by atoms with E-state index in [1.807, 2.05) is 6.07 Å². The molecule has 1 spiro atoms. The molecule has 1 aromatic rings. The second-order valence-electron chi connectivity index (χ2n) is 9.10. The Kier molecular flexibility index (Phi) is 5.02. The standard InChI is InChI=1S/C22H30O6/c1-14-10-19(24)28-18-5-8-22(13-27-22)17(12-26-15(2)23)20(18)21(14,3)7-4-16-6-9-25-11-16/h6,9,11,14,17-18,20H,4-5,7-8,10,12-13H2,1-3H3/t14?,17-,18?,20+,21-,22-/m0/s1. The van der Waals surface area contributed by atoms with Gasteiger partial charge in [-0.1, -0.05) is 13.8 Å². The first-order valence-electron chi connectivity index (χ1n) is 10.3. The van der Waals surface area contributed by atoms with Gasteiger partial charge >= 0.3 is 11.9 Å². The summed E-state index contributed by atoms with van der Waals surface area (Å²) in [5.74, 6) is -0.102. The average Bonchev–Trinajstić information content (AvgIpc) is 3.23. The van der Waals surface area contributed by atoms with Gasteiger partial charge in [-0.25, -0.2) is 0 Å². The molecular weight excluding hydrogens is 360 g/mol. The van der Waals surface area contributed by atoms with E-state index in [1.165, 1.54) is 6.92 Å². The van der Waals surface area contributed by atoms with Gasteiger partial charge in [-0.05, 0) is 48.6 Å². The number of ether oxygens (including phenoxy) is 3. The molecule has 2 unspecified atom stereocenters. The lowest BCUT2D eigenvalue weighted by atomic mass is 9.54. The Bertz CT molecular complexity index is 721. The van der Waals surface area contributed by atoms with Gasteiger partial charge in [-0.3, -0.25) is 9.59 Å². The van der Waals surface area contributed by atoms with Gasteiger partial charge in [0.25, 0.3) is 0 Å². The lowest BCUT2D eigenvalue weighted by Gasteiger charge is -2.50. The summed E-state index contributed by atoms with van der Waals surface area (Å²) in [5.41, 5.74) is 0.786. The summed E-state index contributed by atoms with van der Waals surface area (Å²) in [7, 11) is 0. The summed E-state index contributed by atoms with van der Waals surface area (Å²) in [6, 6.07) is 1.99. The summed E-state index contributed by atoms with van der Waals surface area (Å²) >= 11 is 0. The fraction of sp³-hybridized carbons (Fsp3) is 0.727. The Morgan fingerprint density at radius 1 is 1.39 bits per heavy atom. The van der Waals surface area contributed by atoms with E-state index < -0.39 is 0 Å². The van der Waals surface area contributed by atoms with E-state index in [4.69, 9.17) is 18.6 Å². The predicted molar refractivity (Wildman–Crippen MR) is 100 cm³/mol. The van der Waals surface area contributed by atoms with Gasteiger partial charge < -0.3 is 18.6 Å². The number of hydrogen-bond donors (Lipinski definition) is 0. The second kappa shape index (κ2) is 7.21. The van der Waals surface area contributed by atoms with Crippen LogP contribution < -0.4 is 0 Å². The molecule has 0 radical (unpaired) electrons. The number of fused-ring (bicyclic) bond motifs is 1. The number of esters is 2. The van der Waals surface area contributed by atoms with Crippen LogP contribution in [0.2, 0.25) is 0 Å². The largest absolute Gasteiger partial charge is 0.472 e. The van der Waals surface area contributed by atoms with Crippen molar-refractivity contribution in [1.82, 2.24) is 0 Å². The van der Waals surface area contributed by atoms with Crippen molar-refractivity contribution in [2.75, 3.05) is 13.2 Å². The van der Waals surface area contributed by atoms with Crippen molar-refractivity contribution >= 4 is 11.9 Å². The highest BCUT2D eigenvalue weighted by molar-refractivity contribution is 5.70. The fourth-order valence-corrected chi connectivity index (χ4v) is 5.56. The lowest BCUT2D eigenvalue weighted by molar-refractivity contribution is -0.164. The van der Waals surface area contributed by atoms with Gasteiger partial charge in [-0.15, -0.1) is 0 Å². The summed E-state index contributed by atoms with van der Waals surface area (Å²) in [4.78, 5) is 24.0. The number of carbonyl (C=O) groups is 2. The topological polar surface area (TPSA) is 78.3 Å². The van der Waals surface area contributed by atoms with Crippen LogP contribution in [0, 0.1) is 23.2 Å². The summed E-state index contributed by atoms with van der Waals surface area (Å²) in [5, 5.41) is 0. The molecule has 28 heavy (non-hydrogen) atoms. The van der Waals surface area contributed by atoms with Crippen LogP contribution in [0.5, 0.6) is 0 Å². The molecule has 0 amide bonds. The zero-order valence-corrected chi connectivity index (χ0v) is 16.9. The van der Waals surface area contributed by atoms with Crippen LogP contribution in [-0.4, -0.2) is 36.9 Å². The van der Waals surface area contributed by atoms with Gasteiger partial charge in [0.15, 0.2) is 0 Å². The Balaban J connectivity index is 1.67. The van der Waals surface area contributed by atoms with Crippen LogP contribution in [0.3, 0.4) is 0 Å². The molecule has 3 aliphatic rings. The van der Waals surface area contributed by atoms with Crippen LogP contribution >= 0.6 is 0 Å². The van der Waals surface area contributed by atoms with Gasteiger partial charge in [0, 0.05) is 25.2 Å². The molecule has 0 N–H and O–H groups in total. The second-order valence-corrected chi connectivity index (χ2v) is 9.10. The van der Waals surface area contributed by atoms with E-state index in [-0.39, 0.29) is 46.8 Å². The monoisotopic (exact) mass is 390 g/mol. The molecule has 1 aromatic heterocycles. The summed E-state index contributed by atoms with van der Waals surface area (Å²) < 4.78 is 22.6. The Morgan fingerprint density at radius 2 is 2.18 bits per heavy atom. The molecule has 6 heteroatoms. The van der Waals surface area contributed by atoms with Gasteiger partial charge in [-0.2, -0.15) is 0 Å². The normalized spacial score (nSPS) is 39.8. The smallest absolute Gasteiger partial charge is 0.306 e. The minimum atomic E-state index is -0.281. The zero-order chi connectivity index (χ0) is 19.9. The van der Waals surface area contributed by atoms with Gasteiger partial charge in [0.2, 0.25) is 0 Å². The molecule has 3 fully saturated rings. The van der Waals surface area contributed by atoms with Crippen LogP contribution in [-0.2, 0) is 30.2 Å². The SMILES string of the molecule is CC(=O)OC[C@H]1[C@@H]2C(CC[C@]13CO3)OC(=O)CC(C)[C@]2(C)CCc1ccoc1. The lowest BCUT2D eigenvalue weighted by Crippen LogP contribution is -2.54. The number of furan rings is 1. The Hall–Kier alpha value is -1.82. The van der Waals surface area contributed by atoms with E-state index in [9.17, 15) is 9.59 Å². The van der Waals surface area contributed by atoms with E-state index in [0.29, 0.717) is 19.6 Å². The maximum absolute atomic E-state index is 12.5. The third kappa shape index (κ3) is 3.47. The molecular formula is C22H30O6. The fourth-order valence-electron chi connectivity index (χ4n) is 5.56. The zero-order valence-electron chi connectivity index (χ0n) is 16.9.